The molecule has 120 valence electrons. The molecular weight excluding hydrogens is 313 g/mol. The molecule has 0 unspecified atom stereocenters. The first kappa shape index (κ1) is 15.1. The third kappa shape index (κ3) is 2.65. The van der Waals surface area contributed by atoms with E-state index < -0.39 is 29.6 Å². The van der Waals surface area contributed by atoms with E-state index in [-0.39, 0.29) is 5.65 Å². The highest BCUT2D eigenvalue weighted by Gasteiger charge is 2.32. The summed E-state index contributed by atoms with van der Waals surface area (Å²) < 4.78 is 38.6. The van der Waals surface area contributed by atoms with Crippen molar-refractivity contribution in [1.29, 1.82) is 0 Å². The summed E-state index contributed by atoms with van der Waals surface area (Å²) in [6.07, 6.45) is -3.06. The number of rotatable bonds is 2. The number of H-pyrrole nitrogens is 1. The normalized spacial score (nSPS) is 12.0. The van der Waals surface area contributed by atoms with Gasteiger partial charge in [-0.15, -0.1) is 0 Å². The smallest absolute Gasteiger partial charge is 0.393 e. The molecule has 2 N–H and O–H groups in total. The summed E-state index contributed by atoms with van der Waals surface area (Å²) in [5.41, 5.74) is -0.109. The minimum absolute atomic E-state index is 0.115. The van der Waals surface area contributed by atoms with Gasteiger partial charge in [0.1, 0.15) is 5.65 Å². The summed E-state index contributed by atoms with van der Waals surface area (Å²) in [6, 6.07) is 3.39. The maximum absolute atomic E-state index is 12.5. The molecule has 0 saturated carbocycles. The number of aromatic nitrogens is 4. The van der Waals surface area contributed by atoms with Gasteiger partial charge in [-0.3, -0.25) is 9.78 Å². The Morgan fingerprint density at radius 3 is 2.74 bits per heavy atom. The molecule has 0 aliphatic rings. The van der Waals surface area contributed by atoms with E-state index in [2.05, 4.69) is 15.1 Å². The van der Waals surface area contributed by atoms with Gasteiger partial charge in [0.15, 0.2) is 0 Å². The van der Waals surface area contributed by atoms with Crippen LogP contribution in [0.4, 0.5) is 13.2 Å². The lowest BCUT2D eigenvalue weighted by Gasteiger charge is -2.08. The zero-order chi connectivity index (χ0) is 16.8. The van der Waals surface area contributed by atoms with E-state index in [0.717, 1.165) is 4.52 Å². The average molecular weight is 324 g/mol. The van der Waals surface area contributed by atoms with E-state index in [0.29, 0.717) is 16.8 Å². The first-order chi connectivity index (χ1) is 10.8. The molecule has 0 atom stereocenters. The summed E-state index contributed by atoms with van der Waals surface area (Å²) >= 11 is 0. The quantitative estimate of drug-likeness (QED) is 0.757. The van der Waals surface area contributed by atoms with Crippen LogP contribution in [0.3, 0.4) is 0 Å². The molecule has 0 radical (unpaired) electrons. The second-order valence-electron chi connectivity index (χ2n) is 5.01. The van der Waals surface area contributed by atoms with Gasteiger partial charge in [0.25, 0.3) is 5.56 Å². The van der Waals surface area contributed by atoms with E-state index in [1.165, 1.54) is 6.20 Å². The lowest BCUT2D eigenvalue weighted by Crippen LogP contribution is -2.22. The number of hydrogen-bond donors (Lipinski definition) is 2. The van der Waals surface area contributed by atoms with E-state index in [1.54, 1.807) is 25.3 Å². The van der Waals surface area contributed by atoms with Gasteiger partial charge in [-0.05, 0) is 13.0 Å². The minimum Gasteiger partial charge on any atom is -0.493 e. The number of nitrogens with zero attached hydrogens (tertiary/aromatic N) is 3. The van der Waals surface area contributed by atoms with Crippen molar-refractivity contribution in [1.82, 2.24) is 19.6 Å². The summed E-state index contributed by atoms with van der Waals surface area (Å²) in [5, 5.41) is 14.1. The number of nitrogens with one attached hydrogen (secondary N) is 1. The molecule has 3 rings (SSSR count). The van der Waals surface area contributed by atoms with Gasteiger partial charge >= 0.3 is 6.18 Å². The predicted molar refractivity (Wildman–Crippen MR) is 75.2 cm³/mol. The Bertz CT molecular complexity index is 929. The average Bonchev–Trinajstić information content (AvgIpc) is 2.80. The lowest BCUT2D eigenvalue weighted by atomic mass is 10.1. The van der Waals surface area contributed by atoms with Crippen LogP contribution in [0.15, 0.2) is 29.3 Å². The first-order valence-corrected chi connectivity index (χ1v) is 6.58. The molecule has 0 amide bonds. The predicted octanol–water partition coefficient (Wildman–Crippen LogP) is 2.20. The van der Waals surface area contributed by atoms with E-state index >= 15 is 0 Å². The fourth-order valence-electron chi connectivity index (χ4n) is 2.42. The van der Waals surface area contributed by atoms with Gasteiger partial charge in [-0.2, -0.15) is 22.8 Å². The number of aromatic amines is 1. The van der Waals surface area contributed by atoms with Crippen LogP contribution in [0.25, 0.3) is 16.8 Å². The molecule has 3 heterocycles. The van der Waals surface area contributed by atoms with Crippen molar-refractivity contribution in [2.24, 2.45) is 0 Å². The fourth-order valence-corrected chi connectivity index (χ4v) is 2.42. The molecule has 3 aromatic heterocycles. The van der Waals surface area contributed by atoms with E-state index in [1.807, 2.05) is 0 Å². The van der Waals surface area contributed by atoms with Gasteiger partial charge in [0.2, 0.25) is 5.88 Å². The largest absolute Gasteiger partial charge is 0.493 e. The number of fused-ring (bicyclic) bond motifs is 1. The number of alkyl halides is 3. The number of pyridine rings is 1. The molecule has 0 bridgehead atoms. The molecule has 0 spiro atoms. The highest BCUT2D eigenvalue weighted by molar-refractivity contribution is 5.79. The Hall–Kier alpha value is -2.84. The van der Waals surface area contributed by atoms with Gasteiger partial charge in [0, 0.05) is 23.5 Å². The summed E-state index contributed by atoms with van der Waals surface area (Å²) in [4.78, 5) is 18.3. The SMILES string of the molecule is Cc1nn2c(O)c(CC(F)(F)F)c(=O)[nH]c2c1-c1cccnc1. The van der Waals surface area contributed by atoms with Crippen molar-refractivity contribution in [3.8, 4) is 17.0 Å². The number of aryl methyl sites for hydroxylation is 1. The summed E-state index contributed by atoms with van der Waals surface area (Å²) in [5.74, 6) is -0.820. The van der Waals surface area contributed by atoms with Gasteiger partial charge in [-0.25, -0.2) is 0 Å². The van der Waals surface area contributed by atoms with Crippen molar-refractivity contribution in [2.75, 3.05) is 0 Å². The maximum Gasteiger partial charge on any atom is 0.393 e. The maximum atomic E-state index is 12.5. The molecule has 0 aromatic carbocycles. The highest BCUT2D eigenvalue weighted by atomic mass is 19.4. The minimum atomic E-state index is -4.62. The molecule has 23 heavy (non-hydrogen) atoms. The Morgan fingerprint density at radius 2 is 2.13 bits per heavy atom. The topological polar surface area (TPSA) is 83.3 Å². The number of halogens is 3. The molecule has 0 aliphatic heterocycles. The Kier molecular flexibility index (Phi) is 3.35. The van der Waals surface area contributed by atoms with Crippen LogP contribution in [0.1, 0.15) is 11.3 Å². The van der Waals surface area contributed by atoms with Crippen LogP contribution < -0.4 is 5.56 Å². The second kappa shape index (κ2) is 5.11. The van der Waals surface area contributed by atoms with Crippen molar-refractivity contribution >= 4 is 5.65 Å². The summed E-state index contributed by atoms with van der Waals surface area (Å²) in [7, 11) is 0. The van der Waals surface area contributed by atoms with Crippen molar-refractivity contribution in [2.45, 2.75) is 19.5 Å². The van der Waals surface area contributed by atoms with Crippen molar-refractivity contribution in [3.63, 3.8) is 0 Å². The zero-order valence-corrected chi connectivity index (χ0v) is 11.8. The molecule has 3 aromatic rings. The molecular formula is C14H11F3N4O2. The molecule has 6 nitrogen and oxygen atoms in total. The third-order valence-electron chi connectivity index (χ3n) is 3.36. The van der Waals surface area contributed by atoms with Gasteiger partial charge in [-0.1, -0.05) is 6.07 Å². The van der Waals surface area contributed by atoms with Gasteiger partial charge < -0.3 is 10.1 Å². The monoisotopic (exact) mass is 324 g/mol. The number of aromatic hydroxyl groups is 1. The van der Waals surface area contributed by atoms with Crippen LogP contribution in [0, 0.1) is 6.92 Å². The Morgan fingerprint density at radius 1 is 1.39 bits per heavy atom. The Labute approximate surface area is 127 Å². The molecule has 9 heteroatoms. The lowest BCUT2D eigenvalue weighted by molar-refractivity contribution is -0.127. The molecule has 0 saturated heterocycles. The zero-order valence-electron chi connectivity index (χ0n) is 11.8. The fraction of sp³-hybridized carbons (Fsp3) is 0.214. The standard InChI is InChI=1S/C14H11F3N4O2/c1-7-10(8-3-2-4-18-6-8)11-19-12(22)9(5-14(15,16)17)13(23)21(11)20-7/h2-4,6,23H,5H2,1H3,(H,19,22). The first-order valence-electron chi connectivity index (χ1n) is 6.58. The van der Waals surface area contributed by atoms with Crippen molar-refractivity contribution in [3.05, 3.63) is 46.1 Å². The van der Waals surface area contributed by atoms with Crippen LogP contribution in [0.2, 0.25) is 0 Å². The van der Waals surface area contributed by atoms with Gasteiger partial charge in [0.05, 0.1) is 17.7 Å². The van der Waals surface area contributed by atoms with E-state index in [4.69, 9.17) is 0 Å². The van der Waals surface area contributed by atoms with Crippen LogP contribution in [-0.4, -0.2) is 30.9 Å². The van der Waals surface area contributed by atoms with Crippen LogP contribution in [-0.2, 0) is 6.42 Å². The summed E-state index contributed by atoms with van der Waals surface area (Å²) in [6.45, 7) is 1.62. The molecule has 0 aliphatic carbocycles. The second-order valence-corrected chi connectivity index (χ2v) is 5.01. The Balaban J connectivity index is 2.28. The molecule has 0 fully saturated rings. The third-order valence-corrected chi connectivity index (χ3v) is 3.36. The van der Waals surface area contributed by atoms with Crippen LogP contribution in [0.5, 0.6) is 5.88 Å². The number of hydrogen-bond acceptors (Lipinski definition) is 4. The van der Waals surface area contributed by atoms with Crippen LogP contribution >= 0.6 is 0 Å². The highest BCUT2D eigenvalue weighted by Crippen LogP contribution is 2.30. The van der Waals surface area contributed by atoms with E-state index in [9.17, 15) is 23.1 Å². The van der Waals surface area contributed by atoms with Crippen molar-refractivity contribution < 1.29 is 18.3 Å².